The highest BCUT2D eigenvalue weighted by molar-refractivity contribution is 5.27. The number of nitrogens with zero attached hydrogens (tertiary/aromatic N) is 1. The molecule has 0 atom stereocenters. The summed E-state index contributed by atoms with van der Waals surface area (Å²) in [5.74, 6) is 0.928. The highest BCUT2D eigenvalue weighted by Crippen LogP contribution is 2.12. The average molecular weight is 238 g/mol. The van der Waals surface area contributed by atoms with Crippen molar-refractivity contribution in [1.82, 2.24) is 4.90 Å². The van der Waals surface area contributed by atoms with E-state index in [0.717, 1.165) is 25.3 Å². The molecule has 0 unspecified atom stereocenters. The summed E-state index contributed by atoms with van der Waals surface area (Å²) in [4.78, 5) is 2.10. The van der Waals surface area contributed by atoms with Crippen LogP contribution in [0.25, 0.3) is 0 Å². The molecule has 3 nitrogen and oxygen atoms in total. The van der Waals surface area contributed by atoms with Crippen LogP contribution in [0, 0.1) is 0 Å². The van der Waals surface area contributed by atoms with Gasteiger partial charge in [0.25, 0.3) is 0 Å². The Kier molecular flexibility index (Phi) is 9.49. The molecule has 0 bridgehead atoms. The van der Waals surface area contributed by atoms with Crippen molar-refractivity contribution in [2.75, 3.05) is 33.8 Å². The van der Waals surface area contributed by atoms with Crippen LogP contribution < -0.4 is 10.5 Å². The summed E-state index contributed by atoms with van der Waals surface area (Å²) in [5.41, 5.74) is 6.74. The van der Waals surface area contributed by atoms with Crippen LogP contribution >= 0.6 is 0 Å². The first-order valence-electron chi connectivity index (χ1n) is 6.29. The molecule has 0 saturated heterocycles. The van der Waals surface area contributed by atoms with Crippen molar-refractivity contribution < 1.29 is 4.74 Å². The number of hydrogen-bond donors (Lipinski definition) is 1. The van der Waals surface area contributed by atoms with E-state index in [0.29, 0.717) is 6.54 Å². The standard InChI is InChI=1S/C12H20N2O.C2H6/c1-14(2)9-10-15-12-5-3-11(4-6-12)7-8-13;1-2/h3-6H,7-10,13H2,1-2H3;1-2H3. The molecular weight excluding hydrogens is 212 g/mol. The summed E-state index contributed by atoms with van der Waals surface area (Å²) >= 11 is 0. The Balaban J connectivity index is 0.00000121. The third-order valence-electron chi connectivity index (χ3n) is 2.16. The van der Waals surface area contributed by atoms with Crippen molar-refractivity contribution >= 4 is 0 Å². The fourth-order valence-electron chi connectivity index (χ4n) is 1.27. The monoisotopic (exact) mass is 238 g/mol. The lowest BCUT2D eigenvalue weighted by Gasteiger charge is -2.11. The molecule has 0 aliphatic carbocycles. The Bertz CT molecular complexity index is 270. The minimum absolute atomic E-state index is 0.695. The van der Waals surface area contributed by atoms with Gasteiger partial charge in [-0.2, -0.15) is 0 Å². The summed E-state index contributed by atoms with van der Waals surface area (Å²) in [6.45, 7) is 6.36. The van der Waals surface area contributed by atoms with Crippen molar-refractivity contribution in [2.45, 2.75) is 20.3 Å². The first-order chi connectivity index (χ1) is 8.22. The molecule has 98 valence electrons. The summed E-state index contributed by atoms with van der Waals surface area (Å²) in [7, 11) is 4.07. The molecule has 0 saturated carbocycles. The molecule has 0 heterocycles. The number of nitrogens with two attached hydrogens (primary N) is 1. The first-order valence-corrected chi connectivity index (χ1v) is 6.29. The number of benzene rings is 1. The van der Waals surface area contributed by atoms with E-state index in [2.05, 4.69) is 17.0 Å². The van der Waals surface area contributed by atoms with Gasteiger partial charge in [-0.1, -0.05) is 26.0 Å². The largest absolute Gasteiger partial charge is 0.492 e. The van der Waals surface area contributed by atoms with Gasteiger partial charge < -0.3 is 15.4 Å². The van der Waals surface area contributed by atoms with Gasteiger partial charge in [-0.25, -0.2) is 0 Å². The van der Waals surface area contributed by atoms with Gasteiger partial charge in [0.05, 0.1) is 0 Å². The molecular formula is C14H26N2O. The fourth-order valence-corrected chi connectivity index (χ4v) is 1.27. The second-order valence-corrected chi connectivity index (χ2v) is 3.83. The maximum atomic E-state index is 5.58. The summed E-state index contributed by atoms with van der Waals surface area (Å²) in [6.07, 6.45) is 0.929. The average Bonchev–Trinajstić information content (AvgIpc) is 2.34. The zero-order valence-electron chi connectivity index (χ0n) is 11.6. The third kappa shape index (κ3) is 7.77. The Morgan fingerprint density at radius 2 is 1.71 bits per heavy atom. The van der Waals surface area contributed by atoms with E-state index >= 15 is 0 Å². The number of rotatable bonds is 6. The van der Waals surface area contributed by atoms with E-state index in [9.17, 15) is 0 Å². The maximum Gasteiger partial charge on any atom is 0.119 e. The van der Waals surface area contributed by atoms with E-state index < -0.39 is 0 Å². The molecule has 1 rings (SSSR count). The molecule has 0 amide bonds. The van der Waals surface area contributed by atoms with Crippen LogP contribution in [-0.2, 0) is 6.42 Å². The van der Waals surface area contributed by atoms with Gasteiger partial charge in [0, 0.05) is 6.54 Å². The topological polar surface area (TPSA) is 38.5 Å². The lowest BCUT2D eigenvalue weighted by atomic mass is 10.1. The molecule has 0 fully saturated rings. The summed E-state index contributed by atoms with van der Waals surface area (Å²) in [5, 5.41) is 0. The van der Waals surface area contributed by atoms with Crippen molar-refractivity contribution in [2.24, 2.45) is 5.73 Å². The van der Waals surface area contributed by atoms with Crippen molar-refractivity contribution in [3.8, 4) is 5.75 Å². The van der Waals surface area contributed by atoms with Gasteiger partial charge in [-0.05, 0) is 44.8 Å². The molecule has 1 aromatic rings. The predicted octanol–water partition coefficient (Wildman–Crippen LogP) is 2.15. The molecule has 0 radical (unpaired) electrons. The highest BCUT2D eigenvalue weighted by atomic mass is 16.5. The Labute approximate surface area is 106 Å². The number of ether oxygens (including phenoxy) is 1. The second kappa shape index (κ2) is 10.1. The van der Waals surface area contributed by atoms with E-state index in [1.54, 1.807) is 0 Å². The van der Waals surface area contributed by atoms with Crippen molar-refractivity contribution in [3.05, 3.63) is 29.8 Å². The van der Waals surface area contributed by atoms with Gasteiger partial charge in [0.2, 0.25) is 0 Å². The molecule has 2 N–H and O–H groups in total. The lowest BCUT2D eigenvalue weighted by Crippen LogP contribution is -2.19. The van der Waals surface area contributed by atoms with Crippen LogP contribution in [0.15, 0.2) is 24.3 Å². The smallest absolute Gasteiger partial charge is 0.119 e. The molecule has 1 aromatic carbocycles. The fraction of sp³-hybridized carbons (Fsp3) is 0.571. The van der Waals surface area contributed by atoms with Gasteiger partial charge in [0.15, 0.2) is 0 Å². The Morgan fingerprint density at radius 3 is 2.18 bits per heavy atom. The summed E-state index contributed by atoms with van der Waals surface area (Å²) in [6, 6.07) is 8.14. The van der Waals surface area contributed by atoms with Gasteiger partial charge >= 0.3 is 0 Å². The molecule has 0 aliphatic rings. The van der Waals surface area contributed by atoms with Gasteiger partial charge in [0.1, 0.15) is 12.4 Å². The number of likely N-dealkylation sites (N-methyl/N-ethyl adjacent to an activating group) is 1. The second-order valence-electron chi connectivity index (χ2n) is 3.83. The van der Waals surface area contributed by atoms with Crippen LogP contribution in [0.1, 0.15) is 19.4 Å². The minimum atomic E-state index is 0.695. The zero-order chi connectivity index (χ0) is 13.1. The van der Waals surface area contributed by atoms with E-state index in [1.165, 1.54) is 5.56 Å². The first kappa shape index (κ1) is 15.9. The normalized spacial score (nSPS) is 9.76. The zero-order valence-corrected chi connectivity index (χ0v) is 11.6. The Hall–Kier alpha value is -1.06. The van der Waals surface area contributed by atoms with E-state index in [-0.39, 0.29) is 0 Å². The molecule has 17 heavy (non-hydrogen) atoms. The lowest BCUT2D eigenvalue weighted by molar-refractivity contribution is 0.261. The molecule has 0 spiro atoms. The molecule has 3 heteroatoms. The SMILES string of the molecule is CC.CN(C)CCOc1ccc(CCN)cc1. The van der Waals surface area contributed by atoms with Gasteiger partial charge in [-0.3, -0.25) is 0 Å². The van der Waals surface area contributed by atoms with Crippen LogP contribution in [0.2, 0.25) is 0 Å². The van der Waals surface area contributed by atoms with Crippen molar-refractivity contribution in [3.63, 3.8) is 0 Å². The summed E-state index contributed by atoms with van der Waals surface area (Å²) < 4.78 is 5.58. The Morgan fingerprint density at radius 1 is 1.12 bits per heavy atom. The quantitative estimate of drug-likeness (QED) is 0.825. The maximum absolute atomic E-state index is 5.58. The van der Waals surface area contributed by atoms with E-state index in [4.69, 9.17) is 10.5 Å². The predicted molar refractivity (Wildman–Crippen MR) is 74.6 cm³/mol. The highest BCUT2D eigenvalue weighted by Gasteiger charge is 1.95. The third-order valence-corrected chi connectivity index (χ3v) is 2.16. The van der Waals surface area contributed by atoms with Crippen molar-refractivity contribution in [1.29, 1.82) is 0 Å². The van der Waals surface area contributed by atoms with Crippen LogP contribution in [0.5, 0.6) is 5.75 Å². The van der Waals surface area contributed by atoms with E-state index in [1.807, 2.05) is 40.1 Å². The minimum Gasteiger partial charge on any atom is -0.492 e. The number of hydrogen-bond acceptors (Lipinski definition) is 3. The molecule has 0 aromatic heterocycles. The van der Waals surface area contributed by atoms with Gasteiger partial charge in [-0.15, -0.1) is 0 Å². The molecule has 0 aliphatic heterocycles. The van der Waals surface area contributed by atoms with Crippen LogP contribution in [0.4, 0.5) is 0 Å². The van der Waals surface area contributed by atoms with Crippen LogP contribution in [0.3, 0.4) is 0 Å². The van der Waals surface area contributed by atoms with Crippen LogP contribution in [-0.4, -0.2) is 38.7 Å².